The number of hydrogen-bond acceptors (Lipinski definition) is 2. The highest BCUT2D eigenvalue weighted by atomic mass is 15.2. The molecule has 0 bridgehead atoms. The average Bonchev–Trinajstić information content (AvgIpc) is 3.11. The van der Waals surface area contributed by atoms with Crippen molar-refractivity contribution in [3.05, 3.63) is 29.8 Å². The lowest BCUT2D eigenvalue weighted by Crippen LogP contribution is -2.29. The molecule has 21 heavy (non-hydrogen) atoms. The summed E-state index contributed by atoms with van der Waals surface area (Å²) in [6, 6.07) is 9.62. The molecule has 2 aliphatic heterocycles. The van der Waals surface area contributed by atoms with E-state index in [1.807, 2.05) is 0 Å². The van der Waals surface area contributed by atoms with Crippen molar-refractivity contribution in [1.82, 2.24) is 4.90 Å². The van der Waals surface area contributed by atoms with E-state index < -0.39 is 0 Å². The summed E-state index contributed by atoms with van der Waals surface area (Å²) in [5, 5.41) is 0. The molecule has 1 aromatic rings. The van der Waals surface area contributed by atoms with E-state index in [-0.39, 0.29) is 0 Å². The van der Waals surface area contributed by atoms with Gasteiger partial charge in [0.1, 0.15) is 0 Å². The van der Waals surface area contributed by atoms with Gasteiger partial charge in [-0.05, 0) is 62.3 Å². The van der Waals surface area contributed by atoms with Crippen LogP contribution in [0.4, 0.5) is 5.69 Å². The molecule has 4 rings (SSSR count). The molecule has 1 aromatic carbocycles. The van der Waals surface area contributed by atoms with Crippen LogP contribution in [-0.2, 0) is 5.41 Å². The highest BCUT2D eigenvalue weighted by Crippen LogP contribution is 2.59. The van der Waals surface area contributed by atoms with Crippen LogP contribution in [0.3, 0.4) is 0 Å². The van der Waals surface area contributed by atoms with Gasteiger partial charge in [-0.3, -0.25) is 0 Å². The van der Waals surface area contributed by atoms with Crippen LogP contribution in [0.15, 0.2) is 24.3 Å². The van der Waals surface area contributed by atoms with Crippen molar-refractivity contribution in [2.45, 2.75) is 44.4 Å². The number of piperidine rings is 2. The molecule has 114 valence electrons. The lowest BCUT2D eigenvalue weighted by molar-refractivity contribution is 0.299. The van der Waals surface area contributed by atoms with Crippen molar-refractivity contribution in [1.29, 1.82) is 0 Å². The first-order valence-electron chi connectivity index (χ1n) is 8.90. The third-order valence-electron chi connectivity index (χ3n) is 5.92. The minimum Gasteiger partial charge on any atom is -0.372 e. The van der Waals surface area contributed by atoms with E-state index in [0.29, 0.717) is 5.41 Å². The fourth-order valence-electron chi connectivity index (χ4n) is 4.68. The van der Waals surface area contributed by atoms with Crippen LogP contribution in [0.1, 0.15) is 44.6 Å². The molecule has 0 spiro atoms. The Morgan fingerprint density at radius 1 is 1.10 bits per heavy atom. The molecule has 1 aliphatic carbocycles. The summed E-state index contributed by atoms with van der Waals surface area (Å²) in [7, 11) is 0. The van der Waals surface area contributed by atoms with Crippen molar-refractivity contribution in [3.8, 4) is 0 Å². The molecule has 2 saturated heterocycles. The molecular formula is C19H28N2. The maximum atomic E-state index is 2.67. The van der Waals surface area contributed by atoms with Crippen LogP contribution in [0.25, 0.3) is 0 Å². The molecule has 2 heteroatoms. The van der Waals surface area contributed by atoms with Crippen LogP contribution in [-0.4, -0.2) is 37.6 Å². The van der Waals surface area contributed by atoms with Crippen molar-refractivity contribution in [2.75, 3.05) is 37.6 Å². The van der Waals surface area contributed by atoms with Crippen LogP contribution in [0, 0.1) is 5.92 Å². The van der Waals surface area contributed by atoms with E-state index in [1.165, 1.54) is 70.5 Å². The summed E-state index contributed by atoms with van der Waals surface area (Å²) in [5.74, 6) is 0.935. The topological polar surface area (TPSA) is 6.48 Å². The average molecular weight is 284 g/mol. The van der Waals surface area contributed by atoms with Crippen molar-refractivity contribution < 1.29 is 0 Å². The molecule has 0 aromatic heterocycles. The van der Waals surface area contributed by atoms with Gasteiger partial charge in [-0.25, -0.2) is 0 Å². The van der Waals surface area contributed by atoms with Crippen molar-refractivity contribution >= 4 is 5.69 Å². The summed E-state index contributed by atoms with van der Waals surface area (Å²) in [4.78, 5) is 5.24. The van der Waals surface area contributed by atoms with Gasteiger partial charge in [0.05, 0.1) is 0 Å². The quantitative estimate of drug-likeness (QED) is 0.832. The smallest absolute Gasteiger partial charge is 0.0366 e. The van der Waals surface area contributed by atoms with Gasteiger partial charge in [0, 0.05) is 37.3 Å². The Balaban J connectivity index is 1.47. The Hall–Kier alpha value is -1.02. The van der Waals surface area contributed by atoms with Crippen LogP contribution >= 0.6 is 0 Å². The third-order valence-corrected chi connectivity index (χ3v) is 5.92. The molecule has 1 saturated carbocycles. The molecule has 0 amide bonds. The minimum absolute atomic E-state index is 0.523. The van der Waals surface area contributed by atoms with Crippen molar-refractivity contribution in [2.24, 2.45) is 5.92 Å². The fourth-order valence-corrected chi connectivity index (χ4v) is 4.68. The molecule has 2 atom stereocenters. The zero-order chi connectivity index (χ0) is 14.3. The first-order valence-corrected chi connectivity index (χ1v) is 8.90. The number of hydrogen-bond donors (Lipinski definition) is 0. The maximum absolute atomic E-state index is 2.67. The van der Waals surface area contributed by atoms with Crippen molar-refractivity contribution in [3.63, 3.8) is 0 Å². The molecule has 0 N–H and O–H groups in total. The largest absolute Gasteiger partial charge is 0.372 e. The maximum Gasteiger partial charge on any atom is 0.0366 e. The van der Waals surface area contributed by atoms with Gasteiger partial charge in [-0.2, -0.15) is 0 Å². The molecule has 3 aliphatic rings. The van der Waals surface area contributed by atoms with E-state index in [2.05, 4.69) is 41.0 Å². The number of rotatable bonds is 4. The zero-order valence-electron chi connectivity index (χ0n) is 13.4. The van der Waals surface area contributed by atoms with E-state index >= 15 is 0 Å². The Kier molecular flexibility index (Phi) is 3.45. The Labute approximate surface area is 129 Å². The summed E-state index contributed by atoms with van der Waals surface area (Å²) >= 11 is 0. The van der Waals surface area contributed by atoms with Crippen LogP contribution in [0.5, 0.6) is 0 Å². The molecule has 2 nitrogen and oxygen atoms in total. The second-order valence-electron chi connectivity index (χ2n) is 7.39. The molecule has 0 radical (unpaired) electrons. The lowest BCUT2D eigenvalue weighted by Gasteiger charge is -2.29. The summed E-state index contributed by atoms with van der Waals surface area (Å²) in [6.07, 6.45) is 6.85. The number of fused-ring (bicyclic) bond motifs is 1. The highest BCUT2D eigenvalue weighted by Gasteiger charge is 2.60. The van der Waals surface area contributed by atoms with Crippen LogP contribution < -0.4 is 4.90 Å². The number of likely N-dealkylation sites (tertiary alicyclic amines) is 1. The van der Waals surface area contributed by atoms with Gasteiger partial charge >= 0.3 is 0 Å². The Morgan fingerprint density at radius 2 is 1.86 bits per heavy atom. The van der Waals surface area contributed by atoms with Gasteiger partial charge < -0.3 is 9.80 Å². The van der Waals surface area contributed by atoms with E-state index in [9.17, 15) is 0 Å². The summed E-state index contributed by atoms with van der Waals surface area (Å²) < 4.78 is 0. The number of benzene rings is 1. The fraction of sp³-hybridized carbons (Fsp3) is 0.684. The number of anilines is 1. The minimum atomic E-state index is 0.523. The highest BCUT2D eigenvalue weighted by molar-refractivity contribution is 5.50. The first-order chi connectivity index (χ1) is 10.3. The molecule has 2 unspecified atom stereocenters. The van der Waals surface area contributed by atoms with Gasteiger partial charge in [0.25, 0.3) is 0 Å². The normalized spacial score (nSPS) is 32.2. The molecule has 2 heterocycles. The first kappa shape index (κ1) is 13.6. The zero-order valence-corrected chi connectivity index (χ0v) is 13.4. The van der Waals surface area contributed by atoms with Crippen LogP contribution in [0.2, 0.25) is 0 Å². The van der Waals surface area contributed by atoms with E-state index in [1.54, 1.807) is 5.56 Å². The summed E-state index contributed by atoms with van der Waals surface area (Å²) in [6.45, 7) is 8.71. The third kappa shape index (κ3) is 2.38. The second-order valence-corrected chi connectivity index (χ2v) is 7.39. The van der Waals surface area contributed by atoms with E-state index in [0.717, 1.165) is 5.92 Å². The molecule has 3 fully saturated rings. The van der Waals surface area contributed by atoms with E-state index in [4.69, 9.17) is 0 Å². The van der Waals surface area contributed by atoms with Gasteiger partial charge in [0.2, 0.25) is 0 Å². The number of nitrogens with zero attached hydrogens (tertiary/aromatic N) is 2. The molecular weight excluding hydrogens is 256 g/mol. The van der Waals surface area contributed by atoms with Gasteiger partial charge in [-0.1, -0.05) is 19.1 Å². The monoisotopic (exact) mass is 284 g/mol. The Bertz CT molecular complexity index is 489. The standard InChI is InChI=1S/C19H28N2/c1-2-10-20-14-17-13-19(17,15-20)16-6-8-18(9-7-16)21-11-4-3-5-12-21/h6-9,17H,2-5,10-15H2,1H3. The predicted octanol–water partition coefficient (Wildman–Crippen LogP) is 3.66. The second kappa shape index (κ2) is 5.31. The SMILES string of the molecule is CCCN1CC2CC2(c2ccc(N3CCCCC3)cc2)C1. The Morgan fingerprint density at radius 3 is 2.57 bits per heavy atom. The van der Waals surface area contributed by atoms with Gasteiger partial charge in [-0.15, -0.1) is 0 Å². The van der Waals surface area contributed by atoms with Gasteiger partial charge in [0.15, 0.2) is 0 Å². The predicted molar refractivity (Wildman–Crippen MR) is 89.0 cm³/mol. The summed E-state index contributed by atoms with van der Waals surface area (Å²) in [5.41, 5.74) is 3.57. The lowest BCUT2D eigenvalue weighted by atomic mass is 9.94.